The molecular formula is C19H21N5O3. The van der Waals surface area contributed by atoms with Crippen molar-refractivity contribution in [3.05, 3.63) is 55.0 Å². The molecule has 0 fully saturated rings. The van der Waals surface area contributed by atoms with Gasteiger partial charge >= 0.3 is 6.03 Å². The lowest BCUT2D eigenvalue weighted by Crippen LogP contribution is -2.31. The van der Waals surface area contributed by atoms with Crippen molar-refractivity contribution in [3.8, 4) is 23.0 Å². The number of aromatic nitrogens is 3. The first kappa shape index (κ1) is 18.2. The molecule has 8 heteroatoms. The number of anilines is 1. The van der Waals surface area contributed by atoms with E-state index in [2.05, 4.69) is 20.6 Å². The van der Waals surface area contributed by atoms with E-state index in [0.29, 0.717) is 30.3 Å². The van der Waals surface area contributed by atoms with Gasteiger partial charge in [-0.25, -0.2) is 9.78 Å². The summed E-state index contributed by atoms with van der Waals surface area (Å²) < 4.78 is 12.4. The Morgan fingerprint density at radius 1 is 1.07 bits per heavy atom. The van der Waals surface area contributed by atoms with E-state index in [1.165, 1.54) is 0 Å². The number of amides is 2. The number of carbonyl (C=O) groups is 1. The summed E-state index contributed by atoms with van der Waals surface area (Å²) in [6.45, 7) is 1.01. The van der Waals surface area contributed by atoms with E-state index < -0.39 is 0 Å². The minimum absolute atomic E-state index is 0.304. The summed E-state index contributed by atoms with van der Waals surface area (Å²) in [5, 5.41) is 5.59. The zero-order valence-corrected chi connectivity index (χ0v) is 15.2. The maximum Gasteiger partial charge on any atom is 0.319 e. The van der Waals surface area contributed by atoms with Crippen LogP contribution in [0, 0.1) is 0 Å². The van der Waals surface area contributed by atoms with E-state index >= 15 is 0 Å². The summed E-state index contributed by atoms with van der Waals surface area (Å²) in [5.41, 5.74) is 1.40. The second kappa shape index (κ2) is 8.70. The van der Waals surface area contributed by atoms with Crippen molar-refractivity contribution in [2.75, 3.05) is 26.1 Å². The van der Waals surface area contributed by atoms with Crippen LogP contribution in [0.1, 0.15) is 0 Å². The number of methoxy groups -OCH3 is 2. The molecule has 0 aliphatic carbocycles. The maximum absolute atomic E-state index is 12.1. The van der Waals surface area contributed by atoms with Gasteiger partial charge in [0.2, 0.25) is 0 Å². The number of imidazole rings is 1. The molecule has 27 heavy (non-hydrogen) atoms. The number of rotatable bonds is 7. The second-order valence-electron chi connectivity index (χ2n) is 5.61. The van der Waals surface area contributed by atoms with E-state index in [1.54, 1.807) is 44.8 Å². The first-order valence-electron chi connectivity index (χ1n) is 8.40. The molecule has 2 amide bonds. The summed E-state index contributed by atoms with van der Waals surface area (Å²) in [4.78, 5) is 20.8. The third-order valence-electron chi connectivity index (χ3n) is 3.89. The van der Waals surface area contributed by atoms with E-state index in [0.717, 1.165) is 11.5 Å². The number of nitrogens with zero attached hydrogens (tertiary/aromatic N) is 3. The molecule has 3 rings (SSSR count). The fourth-order valence-corrected chi connectivity index (χ4v) is 2.60. The van der Waals surface area contributed by atoms with Gasteiger partial charge in [-0.15, -0.1) is 0 Å². The summed E-state index contributed by atoms with van der Waals surface area (Å²) in [7, 11) is 3.11. The molecule has 2 aromatic heterocycles. The fraction of sp³-hybridized carbons (Fsp3) is 0.211. The van der Waals surface area contributed by atoms with Crippen molar-refractivity contribution in [1.29, 1.82) is 0 Å². The Balaban J connectivity index is 1.54. The monoisotopic (exact) mass is 367 g/mol. The molecule has 0 aliphatic rings. The molecule has 2 heterocycles. The molecule has 0 saturated carbocycles. The zero-order chi connectivity index (χ0) is 19.1. The van der Waals surface area contributed by atoms with Crippen LogP contribution in [0.4, 0.5) is 10.5 Å². The number of pyridine rings is 1. The van der Waals surface area contributed by atoms with Crippen LogP contribution in [0.15, 0.2) is 55.0 Å². The zero-order valence-electron chi connectivity index (χ0n) is 15.2. The lowest BCUT2D eigenvalue weighted by Gasteiger charge is -2.12. The van der Waals surface area contributed by atoms with Gasteiger partial charge in [0.1, 0.15) is 5.69 Å². The van der Waals surface area contributed by atoms with Gasteiger partial charge < -0.3 is 24.7 Å². The van der Waals surface area contributed by atoms with Crippen LogP contribution in [0.2, 0.25) is 0 Å². The predicted octanol–water partition coefficient (Wildman–Crippen LogP) is 2.78. The van der Waals surface area contributed by atoms with Crippen molar-refractivity contribution >= 4 is 11.7 Å². The molecule has 0 radical (unpaired) electrons. The number of carbonyl (C=O) groups excluding carboxylic acids is 1. The molecular weight excluding hydrogens is 346 g/mol. The topological polar surface area (TPSA) is 90.3 Å². The molecule has 140 valence electrons. The van der Waals surface area contributed by atoms with Crippen LogP contribution in [0.25, 0.3) is 11.5 Å². The third-order valence-corrected chi connectivity index (χ3v) is 3.89. The van der Waals surface area contributed by atoms with Gasteiger partial charge in [-0.3, -0.25) is 4.98 Å². The predicted molar refractivity (Wildman–Crippen MR) is 102 cm³/mol. The molecule has 0 unspecified atom stereocenters. The van der Waals surface area contributed by atoms with E-state index in [4.69, 9.17) is 9.47 Å². The molecule has 0 atom stereocenters. The Kier molecular flexibility index (Phi) is 5.88. The number of nitrogens with one attached hydrogen (secondary N) is 2. The quantitative estimate of drug-likeness (QED) is 0.670. The molecule has 3 aromatic rings. The first-order chi connectivity index (χ1) is 13.2. The Bertz CT molecular complexity index is 895. The highest BCUT2D eigenvalue weighted by atomic mass is 16.5. The standard InChI is InChI=1S/C19H21N5O3/c1-26-16-7-6-14(13-17(16)27-2)23-19(25)22-10-12-24-11-9-21-18(24)15-5-3-4-8-20-15/h3-9,11,13H,10,12H2,1-2H3,(H2,22,23,25). The van der Waals surface area contributed by atoms with Gasteiger partial charge in [-0.1, -0.05) is 6.07 Å². The van der Waals surface area contributed by atoms with E-state index in [9.17, 15) is 4.79 Å². The summed E-state index contributed by atoms with van der Waals surface area (Å²) >= 11 is 0. The number of hydrogen-bond donors (Lipinski definition) is 2. The molecule has 2 N–H and O–H groups in total. The maximum atomic E-state index is 12.1. The summed E-state index contributed by atoms with van der Waals surface area (Å²) in [6, 6.07) is 10.5. The summed E-state index contributed by atoms with van der Waals surface area (Å²) in [6.07, 6.45) is 5.30. The smallest absolute Gasteiger partial charge is 0.319 e. The number of urea groups is 1. The van der Waals surface area contributed by atoms with Crippen LogP contribution in [-0.2, 0) is 6.54 Å². The van der Waals surface area contributed by atoms with Crippen molar-refractivity contribution in [2.45, 2.75) is 6.54 Å². The first-order valence-corrected chi connectivity index (χ1v) is 8.40. The van der Waals surface area contributed by atoms with Gasteiger partial charge in [0.05, 0.1) is 14.2 Å². The molecule has 0 spiro atoms. The van der Waals surface area contributed by atoms with Gasteiger partial charge in [-0.05, 0) is 24.3 Å². The fourth-order valence-electron chi connectivity index (χ4n) is 2.60. The molecule has 0 aliphatic heterocycles. The van der Waals surface area contributed by atoms with Crippen molar-refractivity contribution in [2.24, 2.45) is 0 Å². The normalized spacial score (nSPS) is 10.3. The van der Waals surface area contributed by atoms with Crippen molar-refractivity contribution in [1.82, 2.24) is 19.9 Å². The highest BCUT2D eigenvalue weighted by Gasteiger charge is 2.09. The third kappa shape index (κ3) is 4.55. The average molecular weight is 367 g/mol. The largest absolute Gasteiger partial charge is 0.493 e. The van der Waals surface area contributed by atoms with Crippen LogP contribution in [0.5, 0.6) is 11.5 Å². The molecule has 1 aromatic carbocycles. The Labute approximate surface area is 157 Å². The molecule has 0 saturated heterocycles. The van der Waals surface area contributed by atoms with Crippen LogP contribution < -0.4 is 20.1 Å². The number of ether oxygens (including phenoxy) is 2. The molecule has 0 bridgehead atoms. The highest BCUT2D eigenvalue weighted by Crippen LogP contribution is 2.29. The van der Waals surface area contributed by atoms with E-state index in [1.807, 2.05) is 29.0 Å². The Morgan fingerprint density at radius 3 is 2.67 bits per heavy atom. The average Bonchev–Trinajstić information content (AvgIpc) is 3.17. The number of benzene rings is 1. The van der Waals surface area contributed by atoms with Gasteiger partial charge in [0, 0.05) is 43.4 Å². The van der Waals surface area contributed by atoms with E-state index in [-0.39, 0.29) is 6.03 Å². The Hall–Kier alpha value is -3.55. The SMILES string of the molecule is COc1ccc(NC(=O)NCCn2ccnc2-c2ccccn2)cc1OC. The Morgan fingerprint density at radius 2 is 1.93 bits per heavy atom. The second-order valence-corrected chi connectivity index (χ2v) is 5.61. The lowest BCUT2D eigenvalue weighted by molar-refractivity contribution is 0.251. The van der Waals surface area contributed by atoms with Gasteiger partial charge in [0.25, 0.3) is 0 Å². The number of hydrogen-bond acceptors (Lipinski definition) is 5. The van der Waals surface area contributed by atoms with Gasteiger partial charge in [-0.2, -0.15) is 0 Å². The van der Waals surface area contributed by atoms with Crippen LogP contribution >= 0.6 is 0 Å². The minimum Gasteiger partial charge on any atom is -0.493 e. The lowest BCUT2D eigenvalue weighted by atomic mass is 10.3. The van der Waals surface area contributed by atoms with Crippen LogP contribution in [-0.4, -0.2) is 41.3 Å². The van der Waals surface area contributed by atoms with Gasteiger partial charge in [0.15, 0.2) is 17.3 Å². The van der Waals surface area contributed by atoms with Crippen molar-refractivity contribution < 1.29 is 14.3 Å². The minimum atomic E-state index is -0.304. The van der Waals surface area contributed by atoms with Crippen LogP contribution in [0.3, 0.4) is 0 Å². The van der Waals surface area contributed by atoms with Crippen molar-refractivity contribution in [3.63, 3.8) is 0 Å². The highest BCUT2D eigenvalue weighted by molar-refractivity contribution is 5.89. The summed E-state index contributed by atoms with van der Waals surface area (Å²) in [5.74, 6) is 1.91. The molecule has 8 nitrogen and oxygen atoms in total.